The molecule has 338 valence electrons. The number of hydrogen-bond acceptors (Lipinski definition) is 3. The third-order valence-corrected chi connectivity index (χ3v) is 14.2. The van der Waals surface area contributed by atoms with Gasteiger partial charge in [0.25, 0.3) is 0 Å². The van der Waals surface area contributed by atoms with Crippen molar-refractivity contribution in [2.24, 2.45) is 0 Å². The van der Waals surface area contributed by atoms with E-state index in [2.05, 4.69) is 175 Å². The number of hydrogen-bond donors (Lipinski definition) is 0. The normalized spacial score (nSPS) is 11.5. The van der Waals surface area contributed by atoms with Crippen molar-refractivity contribution in [3.63, 3.8) is 0 Å². The SMILES string of the molecule is [C-]#[N+]c1cccc(-c2nc(-c3ccccc3)nc(-c3ccc(-c4cccc(-n5c6ccccc6c6ccccc65)c4[N+]#[C-])cc3-n3c4ccccc4c4ccccc43)n2)c1-n1c2ccccc2c2ccccc21. The molecule has 0 unspecified atom stereocenters. The first kappa shape index (κ1) is 41.6. The number of para-hydroxylation sites is 8. The molecular weight excluding hydrogens is 893 g/mol. The summed E-state index contributed by atoms with van der Waals surface area (Å²) in [4.78, 5) is 24.6. The summed E-state index contributed by atoms with van der Waals surface area (Å²) in [5.41, 5.74) is 13.4. The Labute approximate surface area is 419 Å². The summed E-state index contributed by atoms with van der Waals surface area (Å²) >= 11 is 0. The second kappa shape index (κ2) is 16.6. The monoisotopic (exact) mass is 930 g/mol. The van der Waals surface area contributed by atoms with Gasteiger partial charge in [-0.2, -0.15) is 0 Å². The molecule has 0 aliphatic carbocycles. The van der Waals surface area contributed by atoms with Crippen LogP contribution in [0, 0.1) is 13.1 Å². The van der Waals surface area contributed by atoms with E-state index in [9.17, 15) is 0 Å². The molecule has 73 heavy (non-hydrogen) atoms. The molecule has 0 fully saturated rings. The van der Waals surface area contributed by atoms with Crippen LogP contribution >= 0.6 is 0 Å². The smallest absolute Gasteiger partial charge is 0.218 e. The molecule has 8 nitrogen and oxygen atoms in total. The van der Waals surface area contributed by atoms with Crippen molar-refractivity contribution in [2.45, 2.75) is 0 Å². The number of aromatic nitrogens is 6. The minimum Gasteiger partial charge on any atom is -0.319 e. The van der Waals surface area contributed by atoms with Gasteiger partial charge in [0.15, 0.2) is 17.5 Å². The summed E-state index contributed by atoms with van der Waals surface area (Å²) in [6.07, 6.45) is 0. The second-order valence-electron chi connectivity index (χ2n) is 18.1. The first-order valence-electron chi connectivity index (χ1n) is 24.1. The van der Waals surface area contributed by atoms with Crippen LogP contribution in [0.3, 0.4) is 0 Å². The molecule has 0 saturated carbocycles. The Morgan fingerprint density at radius 3 is 1.23 bits per heavy atom. The Morgan fingerprint density at radius 2 is 0.726 bits per heavy atom. The lowest BCUT2D eigenvalue weighted by Gasteiger charge is -2.19. The van der Waals surface area contributed by atoms with Crippen molar-refractivity contribution >= 4 is 76.8 Å². The quantitative estimate of drug-likeness (QED) is 0.150. The molecule has 0 atom stereocenters. The van der Waals surface area contributed by atoms with Crippen LogP contribution in [0.2, 0.25) is 0 Å². The van der Waals surface area contributed by atoms with Gasteiger partial charge in [-0.1, -0.05) is 176 Å². The van der Waals surface area contributed by atoms with Gasteiger partial charge in [0, 0.05) is 49.0 Å². The zero-order valence-electron chi connectivity index (χ0n) is 39.0. The Bertz CT molecular complexity index is 4500. The maximum Gasteiger partial charge on any atom is 0.218 e. The van der Waals surface area contributed by atoms with E-state index in [4.69, 9.17) is 28.1 Å². The highest BCUT2D eigenvalue weighted by atomic mass is 15.1. The molecule has 10 aromatic carbocycles. The molecule has 0 aliphatic heterocycles. The maximum atomic E-state index is 8.84. The van der Waals surface area contributed by atoms with Crippen molar-refractivity contribution in [3.8, 4) is 62.4 Å². The van der Waals surface area contributed by atoms with Crippen molar-refractivity contribution in [2.75, 3.05) is 0 Å². The van der Waals surface area contributed by atoms with E-state index in [1.165, 1.54) is 0 Å². The fraction of sp³-hybridized carbons (Fsp3) is 0. The maximum absolute atomic E-state index is 8.84. The van der Waals surface area contributed by atoms with Crippen LogP contribution in [-0.2, 0) is 0 Å². The van der Waals surface area contributed by atoms with Crippen LogP contribution in [0.15, 0.2) is 231 Å². The third kappa shape index (κ3) is 6.42. The van der Waals surface area contributed by atoms with E-state index in [1.54, 1.807) is 0 Å². The van der Waals surface area contributed by atoms with Gasteiger partial charge in [0.2, 0.25) is 11.4 Å². The van der Waals surface area contributed by atoms with Crippen LogP contribution in [0.25, 0.3) is 137 Å². The molecule has 4 heterocycles. The van der Waals surface area contributed by atoms with E-state index < -0.39 is 0 Å². The van der Waals surface area contributed by atoms with Crippen LogP contribution in [-0.4, -0.2) is 28.7 Å². The van der Waals surface area contributed by atoms with Gasteiger partial charge < -0.3 is 13.7 Å². The fourth-order valence-electron chi connectivity index (χ4n) is 11.0. The summed E-state index contributed by atoms with van der Waals surface area (Å²) in [6, 6.07) is 78.6. The van der Waals surface area contributed by atoms with E-state index >= 15 is 0 Å². The van der Waals surface area contributed by atoms with Crippen LogP contribution in [0.1, 0.15) is 0 Å². The van der Waals surface area contributed by atoms with Crippen molar-refractivity contribution in [1.29, 1.82) is 0 Å². The van der Waals surface area contributed by atoms with Crippen LogP contribution < -0.4 is 0 Å². The highest BCUT2D eigenvalue weighted by Gasteiger charge is 2.25. The van der Waals surface area contributed by atoms with Crippen LogP contribution in [0.4, 0.5) is 11.4 Å². The lowest BCUT2D eigenvalue weighted by Crippen LogP contribution is -2.06. The fourth-order valence-corrected chi connectivity index (χ4v) is 11.0. The van der Waals surface area contributed by atoms with E-state index in [-0.39, 0.29) is 0 Å². The summed E-state index contributed by atoms with van der Waals surface area (Å²) in [5, 5.41) is 6.65. The Kier molecular flexibility index (Phi) is 9.47. The first-order chi connectivity index (χ1) is 36.2. The Hall–Kier alpha value is -10.4. The van der Waals surface area contributed by atoms with E-state index in [0.29, 0.717) is 40.1 Å². The second-order valence-corrected chi connectivity index (χ2v) is 18.1. The predicted octanol–water partition coefficient (Wildman–Crippen LogP) is 16.9. The largest absolute Gasteiger partial charge is 0.319 e. The number of nitrogens with zero attached hydrogens (tertiary/aromatic N) is 8. The minimum absolute atomic E-state index is 0.428. The standard InChI is InChI=1S/C65H38N8/c1-66-52-30-18-29-51(62(52)73-57-35-16-10-26-48(57)49-27-11-17-36-58(49)73)65-69-63(41-20-4-3-5-21-41)68-64(70-65)50-39-38-42(40-60(50)72-55-33-14-8-24-46(55)47-25-9-15-34-56(47)72)43-28-19-37-59(61(43)67-2)71-53-31-12-6-22-44(53)45-23-7-13-32-54(45)71/h3-40H. The Balaban J connectivity index is 1.05. The van der Waals surface area contributed by atoms with Crippen molar-refractivity contribution in [3.05, 3.63) is 253 Å². The average molecular weight is 931 g/mol. The summed E-state index contributed by atoms with van der Waals surface area (Å²) in [6.45, 7) is 17.4. The highest BCUT2D eigenvalue weighted by Crippen LogP contribution is 2.45. The lowest BCUT2D eigenvalue weighted by atomic mass is 9.99. The molecule has 0 radical (unpaired) electrons. The molecule has 14 aromatic rings. The molecule has 0 bridgehead atoms. The van der Waals surface area contributed by atoms with E-state index in [1.807, 2.05) is 78.9 Å². The van der Waals surface area contributed by atoms with Gasteiger partial charge >= 0.3 is 0 Å². The topological polar surface area (TPSA) is 62.2 Å². The van der Waals surface area contributed by atoms with Gasteiger partial charge in [-0.25, -0.2) is 24.6 Å². The first-order valence-corrected chi connectivity index (χ1v) is 24.1. The van der Waals surface area contributed by atoms with Gasteiger partial charge in [0.05, 0.1) is 63.3 Å². The lowest BCUT2D eigenvalue weighted by molar-refractivity contribution is 1.06. The molecule has 0 saturated heterocycles. The zero-order chi connectivity index (χ0) is 48.6. The summed E-state index contributed by atoms with van der Waals surface area (Å²) in [7, 11) is 0. The molecule has 4 aromatic heterocycles. The van der Waals surface area contributed by atoms with Gasteiger partial charge in [-0.15, -0.1) is 0 Å². The number of benzene rings is 10. The molecule has 8 heteroatoms. The molecule has 0 spiro atoms. The van der Waals surface area contributed by atoms with Gasteiger partial charge in [0.1, 0.15) is 0 Å². The molecule has 14 rings (SSSR count). The summed E-state index contributed by atoms with van der Waals surface area (Å²) < 4.78 is 6.70. The number of rotatable bonds is 7. The molecule has 0 aliphatic rings. The average Bonchev–Trinajstić information content (AvgIpc) is 4.10. The zero-order valence-corrected chi connectivity index (χ0v) is 39.0. The van der Waals surface area contributed by atoms with Crippen LogP contribution in [0.5, 0.6) is 0 Å². The van der Waals surface area contributed by atoms with Crippen molar-refractivity contribution in [1.82, 2.24) is 28.7 Å². The van der Waals surface area contributed by atoms with Gasteiger partial charge in [-0.05, 0) is 65.7 Å². The molecule has 0 amide bonds. The minimum atomic E-state index is 0.428. The van der Waals surface area contributed by atoms with E-state index in [0.717, 1.165) is 99.0 Å². The Morgan fingerprint density at radius 1 is 0.301 bits per heavy atom. The van der Waals surface area contributed by atoms with Crippen molar-refractivity contribution < 1.29 is 0 Å². The summed E-state index contributed by atoms with van der Waals surface area (Å²) in [5.74, 6) is 1.38. The predicted molar refractivity (Wildman–Crippen MR) is 297 cm³/mol. The highest BCUT2D eigenvalue weighted by molar-refractivity contribution is 6.12. The third-order valence-electron chi connectivity index (χ3n) is 14.2. The van der Waals surface area contributed by atoms with Gasteiger partial charge in [-0.3, -0.25) is 0 Å². The molecule has 0 N–H and O–H groups in total. The molecular formula is C65H38N8. The number of fused-ring (bicyclic) bond motifs is 9.